The Hall–Kier alpha value is -5.86. The minimum absolute atomic E-state index is 0.905. The molecule has 0 N–H and O–H groups in total. The molecule has 1 heterocycles. The molecule has 2 nitrogen and oxygen atoms in total. The number of furan rings is 1. The smallest absolute Gasteiger partial charge is 0.136 e. The number of fused-ring (bicyclic) bond motifs is 8. The molecule has 2 heteroatoms. The predicted molar refractivity (Wildman–Crippen MR) is 186 cm³/mol. The molecule has 0 unspecified atom stereocenters. The van der Waals surface area contributed by atoms with Crippen molar-refractivity contribution in [3.05, 3.63) is 164 Å². The van der Waals surface area contributed by atoms with E-state index in [1.54, 1.807) is 0 Å². The summed E-state index contributed by atoms with van der Waals surface area (Å²) in [4.78, 5) is 2.38. The van der Waals surface area contributed by atoms with E-state index in [2.05, 4.69) is 157 Å². The van der Waals surface area contributed by atoms with Gasteiger partial charge in [-0.1, -0.05) is 121 Å². The summed E-state index contributed by atoms with van der Waals surface area (Å²) < 4.78 is 6.23. The maximum atomic E-state index is 6.23. The summed E-state index contributed by atoms with van der Waals surface area (Å²) in [7, 11) is 0. The predicted octanol–water partition coefficient (Wildman–Crippen LogP) is 12.2. The maximum Gasteiger partial charge on any atom is 0.136 e. The van der Waals surface area contributed by atoms with Crippen LogP contribution in [0.2, 0.25) is 0 Å². The van der Waals surface area contributed by atoms with Gasteiger partial charge >= 0.3 is 0 Å². The highest BCUT2D eigenvalue weighted by Gasteiger charge is 2.18. The molecule has 9 rings (SSSR count). The second-order valence-corrected chi connectivity index (χ2v) is 11.3. The zero-order chi connectivity index (χ0) is 29.0. The first-order chi connectivity index (χ1) is 21.8. The molecule has 44 heavy (non-hydrogen) atoms. The molecule has 0 amide bonds. The van der Waals surface area contributed by atoms with Crippen molar-refractivity contribution in [1.29, 1.82) is 0 Å². The van der Waals surface area contributed by atoms with Gasteiger partial charge in [-0.2, -0.15) is 0 Å². The minimum Gasteiger partial charge on any atom is -0.456 e. The van der Waals surface area contributed by atoms with Gasteiger partial charge in [0, 0.05) is 27.5 Å². The Bertz CT molecular complexity index is 2510. The van der Waals surface area contributed by atoms with Crippen LogP contribution in [0.3, 0.4) is 0 Å². The van der Waals surface area contributed by atoms with Crippen LogP contribution in [0.4, 0.5) is 17.1 Å². The molecule has 0 radical (unpaired) electrons. The highest BCUT2D eigenvalue weighted by Crippen LogP contribution is 2.43. The molecule has 9 aromatic rings. The molecule has 0 saturated carbocycles. The van der Waals surface area contributed by atoms with Crippen molar-refractivity contribution in [3.63, 3.8) is 0 Å². The standard InChI is InChI=1S/C42H27NO/c1-2-13-30(14-3-1)43(39-20-9-19-34-36-24-23-28-11-4-5-16-32(28)35(36)25-26-37(34)39)31-15-8-12-29(27-31)33-18-10-22-41-42(33)38-17-6-7-21-40(38)44-41/h1-27H. The Kier molecular flexibility index (Phi) is 5.54. The third-order valence-corrected chi connectivity index (χ3v) is 8.83. The van der Waals surface area contributed by atoms with Crippen LogP contribution < -0.4 is 4.90 Å². The van der Waals surface area contributed by atoms with Crippen LogP contribution >= 0.6 is 0 Å². The molecule has 0 aliphatic heterocycles. The lowest BCUT2D eigenvalue weighted by atomic mass is 9.95. The summed E-state index contributed by atoms with van der Waals surface area (Å²) in [6.07, 6.45) is 0. The molecule has 0 aliphatic carbocycles. The minimum atomic E-state index is 0.905. The van der Waals surface area contributed by atoms with Gasteiger partial charge in [-0.25, -0.2) is 0 Å². The SMILES string of the molecule is c1ccc(N(c2cccc(-c3cccc4oc5ccccc5c34)c2)c2cccc3c2ccc2c4ccccc4ccc32)cc1. The Morgan fingerprint density at radius 2 is 1.02 bits per heavy atom. The molecule has 8 aromatic carbocycles. The van der Waals surface area contributed by atoms with E-state index in [9.17, 15) is 0 Å². The average Bonchev–Trinajstić information content (AvgIpc) is 3.48. The number of rotatable bonds is 4. The Morgan fingerprint density at radius 3 is 1.95 bits per heavy atom. The fraction of sp³-hybridized carbons (Fsp3) is 0. The zero-order valence-electron chi connectivity index (χ0n) is 23.9. The Balaban J connectivity index is 1.27. The van der Waals surface area contributed by atoms with Crippen molar-refractivity contribution >= 4 is 71.3 Å². The van der Waals surface area contributed by atoms with E-state index in [4.69, 9.17) is 4.42 Å². The first kappa shape index (κ1) is 24.7. The number of hydrogen-bond acceptors (Lipinski definition) is 2. The number of para-hydroxylation sites is 2. The molecule has 0 fully saturated rings. The van der Waals surface area contributed by atoms with E-state index in [0.717, 1.165) is 50.1 Å². The highest BCUT2D eigenvalue weighted by atomic mass is 16.3. The quantitative estimate of drug-likeness (QED) is 0.199. The lowest BCUT2D eigenvalue weighted by Crippen LogP contribution is -2.10. The van der Waals surface area contributed by atoms with Gasteiger partial charge in [0.25, 0.3) is 0 Å². The average molecular weight is 562 g/mol. The summed E-state index contributed by atoms with van der Waals surface area (Å²) in [5.41, 5.74) is 7.49. The van der Waals surface area contributed by atoms with Crippen LogP contribution in [-0.2, 0) is 0 Å². The summed E-state index contributed by atoms with van der Waals surface area (Å²) in [5, 5.41) is 9.84. The molecule has 0 spiro atoms. The van der Waals surface area contributed by atoms with E-state index < -0.39 is 0 Å². The molecule has 0 bridgehead atoms. The third kappa shape index (κ3) is 3.82. The third-order valence-electron chi connectivity index (χ3n) is 8.83. The summed E-state index contributed by atoms with van der Waals surface area (Å²) in [6.45, 7) is 0. The van der Waals surface area contributed by atoms with Crippen LogP contribution in [-0.4, -0.2) is 0 Å². The molecule has 206 valence electrons. The number of nitrogens with zero attached hydrogens (tertiary/aromatic N) is 1. The van der Waals surface area contributed by atoms with Crippen LogP contribution in [0.25, 0.3) is 65.4 Å². The van der Waals surface area contributed by atoms with E-state index in [-0.39, 0.29) is 0 Å². The van der Waals surface area contributed by atoms with Crippen molar-refractivity contribution in [1.82, 2.24) is 0 Å². The van der Waals surface area contributed by atoms with E-state index in [1.165, 1.54) is 32.3 Å². The molecule has 0 aliphatic rings. The fourth-order valence-corrected chi connectivity index (χ4v) is 6.87. The first-order valence-corrected chi connectivity index (χ1v) is 15.0. The Labute approximate surface area is 255 Å². The van der Waals surface area contributed by atoms with Gasteiger partial charge < -0.3 is 9.32 Å². The summed E-state index contributed by atoms with van der Waals surface area (Å²) in [6, 6.07) is 58.6. The maximum absolute atomic E-state index is 6.23. The fourth-order valence-electron chi connectivity index (χ4n) is 6.87. The van der Waals surface area contributed by atoms with Gasteiger partial charge in [-0.3, -0.25) is 0 Å². The van der Waals surface area contributed by atoms with Crippen molar-refractivity contribution in [2.75, 3.05) is 4.90 Å². The topological polar surface area (TPSA) is 16.4 Å². The molecular formula is C42H27NO. The van der Waals surface area contributed by atoms with Gasteiger partial charge in [-0.15, -0.1) is 0 Å². The van der Waals surface area contributed by atoms with Gasteiger partial charge in [-0.05, 0) is 80.5 Å². The molecule has 1 aromatic heterocycles. The Morgan fingerprint density at radius 1 is 0.386 bits per heavy atom. The van der Waals surface area contributed by atoms with Crippen molar-refractivity contribution < 1.29 is 4.42 Å². The first-order valence-electron chi connectivity index (χ1n) is 15.0. The molecular weight excluding hydrogens is 534 g/mol. The van der Waals surface area contributed by atoms with Crippen molar-refractivity contribution in [2.45, 2.75) is 0 Å². The van der Waals surface area contributed by atoms with E-state index >= 15 is 0 Å². The van der Waals surface area contributed by atoms with Crippen LogP contribution in [0.5, 0.6) is 0 Å². The number of hydrogen-bond donors (Lipinski definition) is 0. The lowest BCUT2D eigenvalue weighted by Gasteiger charge is -2.27. The monoisotopic (exact) mass is 561 g/mol. The van der Waals surface area contributed by atoms with Gasteiger partial charge in [0.15, 0.2) is 0 Å². The second-order valence-electron chi connectivity index (χ2n) is 11.3. The summed E-state index contributed by atoms with van der Waals surface area (Å²) in [5.74, 6) is 0. The molecule has 0 saturated heterocycles. The van der Waals surface area contributed by atoms with Crippen molar-refractivity contribution in [3.8, 4) is 11.1 Å². The van der Waals surface area contributed by atoms with Gasteiger partial charge in [0.1, 0.15) is 11.2 Å². The number of anilines is 3. The number of benzene rings is 8. The van der Waals surface area contributed by atoms with Crippen LogP contribution in [0.1, 0.15) is 0 Å². The van der Waals surface area contributed by atoms with E-state index in [0.29, 0.717) is 0 Å². The van der Waals surface area contributed by atoms with Crippen molar-refractivity contribution in [2.24, 2.45) is 0 Å². The van der Waals surface area contributed by atoms with E-state index in [1.807, 2.05) is 12.1 Å². The highest BCUT2D eigenvalue weighted by molar-refractivity contribution is 6.19. The lowest BCUT2D eigenvalue weighted by molar-refractivity contribution is 0.669. The van der Waals surface area contributed by atoms with Crippen LogP contribution in [0.15, 0.2) is 168 Å². The second kappa shape index (κ2) is 9.86. The van der Waals surface area contributed by atoms with Gasteiger partial charge in [0.05, 0.1) is 5.69 Å². The van der Waals surface area contributed by atoms with Gasteiger partial charge in [0.2, 0.25) is 0 Å². The van der Waals surface area contributed by atoms with Crippen LogP contribution in [0, 0.1) is 0 Å². The molecule has 0 atom stereocenters. The largest absolute Gasteiger partial charge is 0.456 e. The zero-order valence-corrected chi connectivity index (χ0v) is 23.9. The normalized spacial score (nSPS) is 11.6. The summed E-state index contributed by atoms with van der Waals surface area (Å²) >= 11 is 0.